The predicted octanol–water partition coefficient (Wildman–Crippen LogP) is 3.10. The lowest BCUT2D eigenvalue weighted by Crippen LogP contribution is -1.83. The number of thiophene rings is 1. The maximum absolute atomic E-state index is 5.78. The Bertz CT molecular complexity index is 383. The van der Waals surface area contributed by atoms with Gasteiger partial charge in [0, 0.05) is 10.9 Å². The fourth-order valence-electron chi connectivity index (χ4n) is 0.906. The molecule has 5 heteroatoms. The van der Waals surface area contributed by atoms with Crippen LogP contribution in [-0.2, 0) is 0 Å². The van der Waals surface area contributed by atoms with Gasteiger partial charge in [-0.05, 0) is 18.4 Å². The van der Waals surface area contributed by atoms with Crippen molar-refractivity contribution in [1.29, 1.82) is 0 Å². The molecule has 1 atom stereocenters. The molecule has 0 aliphatic heterocycles. The van der Waals surface area contributed by atoms with Crippen LogP contribution in [0, 0.1) is 0 Å². The van der Waals surface area contributed by atoms with Gasteiger partial charge in [0.05, 0.1) is 0 Å². The van der Waals surface area contributed by atoms with Crippen molar-refractivity contribution < 1.29 is 4.52 Å². The van der Waals surface area contributed by atoms with Gasteiger partial charge in [0.25, 0.3) is 0 Å². The summed E-state index contributed by atoms with van der Waals surface area (Å²) in [5.41, 5.74) is 0.970. The fraction of sp³-hybridized carbons (Fsp3) is 0.250. The zero-order chi connectivity index (χ0) is 9.26. The molecule has 0 spiro atoms. The molecule has 0 radical (unpaired) electrons. The van der Waals surface area contributed by atoms with Gasteiger partial charge in [-0.3, -0.25) is 0 Å². The summed E-state index contributed by atoms with van der Waals surface area (Å²) < 4.78 is 4.96. The molecule has 2 rings (SSSR count). The second-order valence-corrected chi connectivity index (χ2v) is 4.02. The van der Waals surface area contributed by atoms with Crippen LogP contribution in [0.4, 0.5) is 0 Å². The van der Waals surface area contributed by atoms with Gasteiger partial charge >= 0.3 is 0 Å². The highest BCUT2D eigenvalue weighted by Gasteiger charge is 2.12. The molecule has 0 saturated carbocycles. The summed E-state index contributed by atoms with van der Waals surface area (Å²) in [5, 5.41) is 7.51. The molecule has 13 heavy (non-hydrogen) atoms. The molecule has 0 aliphatic rings. The summed E-state index contributed by atoms with van der Waals surface area (Å²) in [6.07, 6.45) is 0. The number of rotatable bonds is 2. The largest absolute Gasteiger partial charge is 0.337 e. The molecule has 2 heterocycles. The van der Waals surface area contributed by atoms with Crippen LogP contribution in [-0.4, -0.2) is 10.1 Å². The molecule has 3 nitrogen and oxygen atoms in total. The summed E-state index contributed by atoms with van der Waals surface area (Å²) in [6, 6.07) is 1.94. The van der Waals surface area contributed by atoms with Gasteiger partial charge < -0.3 is 4.52 Å². The summed E-state index contributed by atoms with van der Waals surface area (Å²) in [4.78, 5) is 4.15. The number of nitrogens with zero attached hydrogens (tertiary/aromatic N) is 2. The van der Waals surface area contributed by atoms with Crippen LogP contribution in [0.5, 0.6) is 0 Å². The molecule has 1 unspecified atom stereocenters. The van der Waals surface area contributed by atoms with Crippen LogP contribution in [0.25, 0.3) is 11.4 Å². The smallest absolute Gasteiger partial charge is 0.244 e. The van der Waals surface area contributed by atoms with Crippen molar-refractivity contribution in [3.8, 4) is 11.4 Å². The lowest BCUT2D eigenvalue weighted by Gasteiger charge is -1.89. The van der Waals surface area contributed by atoms with Gasteiger partial charge in [0.15, 0.2) is 0 Å². The van der Waals surface area contributed by atoms with Crippen LogP contribution in [0.2, 0.25) is 0 Å². The van der Waals surface area contributed by atoms with Crippen LogP contribution < -0.4 is 0 Å². The molecule has 0 N–H and O–H groups in total. The first-order valence-corrected chi connectivity index (χ1v) is 5.15. The Balaban J connectivity index is 2.33. The second kappa shape index (κ2) is 3.47. The first-order chi connectivity index (χ1) is 6.27. The topological polar surface area (TPSA) is 38.9 Å². The van der Waals surface area contributed by atoms with E-state index in [1.54, 1.807) is 18.3 Å². The van der Waals surface area contributed by atoms with Gasteiger partial charge in [0.1, 0.15) is 5.38 Å². The molecule has 0 fully saturated rings. The number of hydrogen-bond donors (Lipinski definition) is 0. The zero-order valence-electron chi connectivity index (χ0n) is 6.90. The van der Waals surface area contributed by atoms with E-state index in [2.05, 4.69) is 10.1 Å². The SMILES string of the molecule is CC(Cl)c1nc(-c2ccsc2)no1. The molecular formula is C8H7ClN2OS. The molecule has 2 aromatic rings. The molecule has 0 aromatic carbocycles. The van der Waals surface area contributed by atoms with Gasteiger partial charge in [-0.25, -0.2) is 0 Å². The van der Waals surface area contributed by atoms with Crippen LogP contribution in [0.3, 0.4) is 0 Å². The Hall–Kier alpha value is -0.870. The minimum absolute atomic E-state index is 0.236. The first kappa shape index (κ1) is 8.72. The molecule has 0 aliphatic carbocycles. The first-order valence-electron chi connectivity index (χ1n) is 3.77. The van der Waals surface area contributed by atoms with Crippen molar-refractivity contribution in [2.24, 2.45) is 0 Å². The maximum Gasteiger partial charge on any atom is 0.244 e. The van der Waals surface area contributed by atoms with E-state index < -0.39 is 0 Å². The third-order valence-corrected chi connectivity index (χ3v) is 2.43. The highest BCUT2D eigenvalue weighted by atomic mass is 35.5. The van der Waals surface area contributed by atoms with E-state index in [4.69, 9.17) is 16.1 Å². The van der Waals surface area contributed by atoms with E-state index in [9.17, 15) is 0 Å². The lowest BCUT2D eigenvalue weighted by atomic mass is 10.3. The Morgan fingerprint density at radius 3 is 3.00 bits per heavy atom. The fourth-order valence-corrected chi connectivity index (χ4v) is 1.63. The van der Waals surface area contributed by atoms with Gasteiger partial charge in [0.2, 0.25) is 11.7 Å². The quantitative estimate of drug-likeness (QED) is 0.722. The zero-order valence-corrected chi connectivity index (χ0v) is 8.47. The van der Waals surface area contributed by atoms with Gasteiger partial charge in [-0.15, -0.1) is 11.6 Å². The van der Waals surface area contributed by atoms with Crippen molar-refractivity contribution in [3.05, 3.63) is 22.7 Å². The highest BCUT2D eigenvalue weighted by molar-refractivity contribution is 7.08. The van der Waals surface area contributed by atoms with Crippen LogP contribution in [0.1, 0.15) is 18.2 Å². The summed E-state index contributed by atoms with van der Waals surface area (Å²) in [6.45, 7) is 1.80. The van der Waals surface area contributed by atoms with Crippen molar-refractivity contribution >= 4 is 22.9 Å². The van der Waals surface area contributed by atoms with E-state index in [1.165, 1.54) is 0 Å². The number of halogens is 1. The highest BCUT2D eigenvalue weighted by Crippen LogP contribution is 2.22. The van der Waals surface area contributed by atoms with E-state index in [0.717, 1.165) is 5.56 Å². The van der Waals surface area contributed by atoms with Crippen molar-refractivity contribution in [2.45, 2.75) is 12.3 Å². The minimum Gasteiger partial charge on any atom is -0.337 e. The maximum atomic E-state index is 5.78. The third-order valence-electron chi connectivity index (χ3n) is 1.56. The normalized spacial score (nSPS) is 13.1. The lowest BCUT2D eigenvalue weighted by molar-refractivity contribution is 0.379. The summed E-state index contributed by atoms with van der Waals surface area (Å²) in [5.74, 6) is 1.06. The molecule has 0 saturated heterocycles. The molecule has 68 valence electrons. The molecule has 0 bridgehead atoms. The van der Waals surface area contributed by atoms with Crippen molar-refractivity contribution in [2.75, 3.05) is 0 Å². The molecule has 2 aromatic heterocycles. The minimum atomic E-state index is -0.236. The number of hydrogen-bond acceptors (Lipinski definition) is 4. The number of alkyl halides is 1. The van der Waals surface area contributed by atoms with Gasteiger partial charge in [-0.1, -0.05) is 5.16 Å². The predicted molar refractivity (Wildman–Crippen MR) is 51.9 cm³/mol. The van der Waals surface area contributed by atoms with E-state index in [0.29, 0.717) is 11.7 Å². The van der Waals surface area contributed by atoms with Crippen LogP contribution >= 0.6 is 22.9 Å². The Morgan fingerprint density at radius 1 is 1.62 bits per heavy atom. The average molecular weight is 215 g/mol. The molecule has 0 amide bonds. The van der Waals surface area contributed by atoms with Gasteiger partial charge in [-0.2, -0.15) is 16.3 Å². The third kappa shape index (κ3) is 1.73. The molecular weight excluding hydrogens is 208 g/mol. The van der Waals surface area contributed by atoms with Crippen LogP contribution in [0.15, 0.2) is 21.3 Å². The van der Waals surface area contributed by atoms with Crippen molar-refractivity contribution in [3.63, 3.8) is 0 Å². The van der Waals surface area contributed by atoms with E-state index >= 15 is 0 Å². The standard InChI is InChI=1S/C8H7ClN2OS/c1-5(9)8-10-7(11-12-8)6-2-3-13-4-6/h2-5H,1H3. The Morgan fingerprint density at radius 2 is 2.46 bits per heavy atom. The summed E-state index contributed by atoms with van der Waals surface area (Å²) >= 11 is 7.38. The van der Waals surface area contributed by atoms with E-state index in [-0.39, 0.29) is 5.38 Å². The monoisotopic (exact) mass is 214 g/mol. The summed E-state index contributed by atoms with van der Waals surface area (Å²) in [7, 11) is 0. The second-order valence-electron chi connectivity index (χ2n) is 2.58. The average Bonchev–Trinajstić information content (AvgIpc) is 2.75. The Labute approximate surface area is 84.3 Å². The number of aromatic nitrogens is 2. The van der Waals surface area contributed by atoms with Crippen molar-refractivity contribution in [1.82, 2.24) is 10.1 Å². The van der Waals surface area contributed by atoms with E-state index in [1.807, 2.05) is 16.8 Å². The Kier molecular flexibility index (Phi) is 2.33.